The minimum absolute atomic E-state index is 0.0475. The van der Waals surface area contributed by atoms with Gasteiger partial charge >= 0.3 is 0 Å². The lowest BCUT2D eigenvalue weighted by atomic mass is 10.2. The van der Waals surface area contributed by atoms with E-state index in [1.165, 1.54) is 31.4 Å². The largest absolute Gasteiger partial charge is 0.495 e. The van der Waals surface area contributed by atoms with Gasteiger partial charge in [0.1, 0.15) is 5.75 Å². The summed E-state index contributed by atoms with van der Waals surface area (Å²) in [6.45, 7) is 1.61. The Balaban J connectivity index is 1.92. The fourth-order valence-electron chi connectivity index (χ4n) is 2.76. The van der Waals surface area contributed by atoms with Gasteiger partial charge in [0.2, 0.25) is 0 Å². The second-order valence-electron chi connectivity index (χ2n) is 6.64. The summed E-state index contributed by atoms with van der Waals surface area (Å²) in [4.78, 5) is 9.75. The molecule has 168 valence electrons. The molecule has 0 fully saturated rings. The summed E-state index contributed by atoms with van der Waals surface area (Å²) in [6.07, 6.45) is 0. The van der Waals surface area contributed by atoms with E-state index in [1.807, 2.05) is 0 Å². The lowest BCUT2D eigenvalue weighted by Crippen LogP contribution is -2.16. The van der Waals surface area contributed by atoms with Crippen LogP contribution in [0.4, 0.5) is 17.1 Å². The molecule has 2 N–H and O–H groups in total. The number of non-ortho nitro benzene ring substituents is 1. The summed E-state index contributed by atoms with van der Waals surface area (Å²) >= 11 is 0. The molecular weight excluding hydrogens is 458 g/mol. The van der Waals surface area contributed by atoms with E-state index in [4.69, 9.17) is 4.74 Å². The Labute approximate surface area is 185 Å². The molecule has 0 saturated carbocycles. The lowest BCUT2D eigenvalue weighted by molar-refractivity contribution is -0.384. The summed E-state index contributed by atoms with van der Waals surface area (Å²) in [6, 6.07) is 14.8. The minimum atomic E-state index is -4.12. The quantitative estimate of drug-likeness (QED) is 0.373. The zero-order chi connectivity index (χ0) is 23.5. The number of methoxy groups -OCH3 is 1. The number of sulfonamides is 2. The normalized spacial score (nSPS) is 11.6. The van der Waals surface area contributed by atoms with Crippen molar-refractivity contribution in [1.82, 2.24) is 0 Å². The zero-order valence-electron chi connectivity index (χ0n) is 17.0. The van der Waals surface area contributed by atoms with Crippen molar-refractivity contribution in [2.24, 2.45) is 0 Å². The first kappa shape index (κ1) is 23.0. The van der Waals surface area contributed by atoms with Gasteiger partial charge in [0.05, 0.1) is 33.2 Å². The Morgan fingerprint density at radius 3 is 2.00 bits per heavy atom. The number of rotatable bonds is 8. The van der Waals surface area contributed by atoms with Crippen LogP contribution in [-0.4, -0.2) is 28.9 Å². The van der Waals surface area contributed by atoms with Crippen LogP contribution in [0.3, 0.4) is 0 Å². The van der Waals surface area contributed by atoms with Gasteiger partial charge in [-0.25, -0.2) is 16.8 Å². The molecule has 0 aromatic heterocycles. The standard InChI is InChI=1S/C20H19N3O7S2/c1-14-7-10-17(32(28,29)21-18-5-3-4-6-20(18)30-2)13-19(14)22-31(26,27)16-11-8-15(9-12-16)23(24)25/h3-13,21-22H,1-2H3. The first-order valence-corrected chi connectivity index (χ1v) is 12.0. The number of nitrogens with one attached hydrogen (secondary N) is 2. The predicted molar refractivity (Wildman–Crippen MR) is 119 cm³/mol. The smallest absolute Gasteiger partial charge is 0.269 e. The SMILES string of the molecule is COc1ccccc1NS(=O)(=O)c1ccc(C)c(NS(=O)(=O)c2ccc([N+](=O)[O-])cc2)c1. The number of hydrogen-bond acceptors (Lipinski definition) is 7. The third-order valence-electron chi connectivity index (χ3n) is 4.47. The predicted octanol–water partition coefficient (Wildman–Crippen LogP) is 3.51. The van der Waals surface area contributed by atoms with Gasteiger partial charge in [-0.2, -0.15) is 0 Å². The zero-order valence-corrected chi connectivity index (χ0v) is 18.6. The van der Waals surface area contributed by atoms with Crippen molar-refractivity contribution in [1.29, 1.82) is 0 Å². The molecule has 0 aliphatic heterocycles. The fourth-order valence-corrected chi connectivity index (χ4v) is 4.98. The van der Waals surface area contributed by atoms with E-state index in [-0.39, 0.29) is 26.9 Å². The molecule has 0 bridgehead atoms. The van der Waals surface area contributed by atoms with E-state index in [9.17, 15) is 26.9 Å². The molecule has 3 aromatic rings. The molecule has 0 amide bonds. The van der Waals surface area contributed by atoms with Gasteiger partial charge in [-0.1, -0.05) is 18.2 Å². The highest BCUT2D eigenvalue weighted by Crippen LogP contribution is 2.28. The first-order valence-electron chi connectivity index (χ1n) is 9.07. The average Bonchev–Trinajstić information content (AvgIpc) is 2.75. The Morgan fingerprint density at radius 2 is 1.38 bits per heavy atom. The van der Waals surface area contributed by atoms with Gasteiger partial charge in [0, 0.05) is 12.1 Å². The van der Waals surface area contributed by atoms with E-state index in [0.29, 0.717) is 11.3 Å². The highest BCUT2D eigenvalue weighted by Gasteiger charge is 2.21. The van der Waals surface area contributed by atoms with Crippen LogP contribution in [0.1, 0.15) is 5.56 Å². The molecule has 10 nitrogen and oxygen atoms in total. The van der Waals surface area contributed by atoms with Crippen LogP contribution in [0.15, 0.2) is 76.5 Å². The van der Waals surface area contributed by atoms with Crippen LogP contribution in [0, 0.1) is 17.0 Å². The van der Waals surface area contributed by atoms with Crippen molar-refractivity contribution in [2.75, 3.05) is 16.6 Å². The first-order chi connectivity index (χ1) is 15.0. The monoisotopic (exact) mass is 477 g/mol. The Kier molecular flexibility index (Phi) is 6.37. The third kappa shape index (κ3) is 4.98. The van der Waals surface area contributed by atoms with E-state index >= 15 is 0 Å². The van der Waals surface area contributed by atoms with Crippen LogP contribution in [-0.2, 0) is 20.0 Å². The number of aryl methyl sites for hydroxylation is 1. The van der Waals surface area contributed by atoms with Gasteiger partial charge in [-0.15, -0.1) is 0 Å². The number of para-hydroxylation sites is 2. The molecule has 3 aromatic carbocycles. The minimum Gasteiger partial charge on any atom is -0.495 e. The van der Waals surface area contributed by atoms with Crippen molar-refractivity contribution in [3.63, 3.8) is 0 Å². The molecule has 0 atom stereocenters. The van der Waals surface area contributed by atoms with Gasteiger partial charge in [-0.3, -0.25) is 19.6 Å². The second kappa shape index (κ2) is 8.85. The van der Waals surface area contributed by atoms with E-state index in [1.54, 1.807) is 25.1 Å². The average molecular weight is 478 g/mol. The van der Waals surface area contributed by atoms with Crippen molar-refractivity contribution in [2.45, 2.75) is 16.7 Å². The van der Waals surface area contributed by atoms with E-state index < -0.39 is 25.0 Å². The lowest BCUT2D eigenvalue weighted by Gasteiger charge is -2.14. The Bertz CT molecular complexity index is 1370. The Hall–Kier alpha value is -3.64. The van der Waals surface area contributed by atoms with Crippen LogP contribution in [0.5, 0.6) is 5.75 Å². The summed E-state index contributed by atoms with van der Waals surface area (Å²) < 4.78 is 61.0. The van der Waals surface area contributed by atoms with Crippen molar-refractivity contribution in [3.05, 3.63) is 82.4 Å². The number of anilines is 2. The van der Waals surface area contributed by atoms with Crippen molar-refractivity contribution >= 4 is 37.1 Å². The third-order valence-corrected chi connectivity index (χ3v) is 7.22. The van der Waals surface area contributed by atoms with Crippen LogP contribution < -0.4 is 14.2 Å². The molecule has 32 heavy (non-hydrogen) atoms. The Morgan fingerprint density at radius 1 is 0.812 bits per heavy atom. The number of ether oxygens (including phenoxy) is 1. The fraction of sp³-hybridized carbons (Fsp3) is 0.100. The summed E-state index contributed by atoms with van der Waals surface area (Å²) in [5.74, 6) is 0.322. The molecule has 0 heterocycles. The molecule has 0 aliphatic rings. The van der Waals surface area contributed by atoms with Crippen molar-refractivity contribution in [3.8, 4) is 5.75 Å². The van der Waals surface area contributed by atoms with Gasteiger partial charge in [0.25, 0.3) is 25.7 Å². The maximum Gasteiger partial charge on any atom is 0.269 e. The van der Waals surface area contributed by atoms with Crippen LogP contribution in [0.25, 0.3) is 0 Å². The van der Waals surface area contributed by atoms with E-state index in [2.05, 4.69) is 9.44 Å². The maximum atomic E-state index is 12.9. The molecular formula is C20H19N3O7S2. The number of nitro groups is 1. The number of nitro benzene ring substituents is 1. The number of benzene rings is 3. The molecule has 0 radical (unpaired) electrons. The molecule has 0 aliphatic carbocycles. The molecule has 0 spiro atoms. The summed E-state index contributed by atoms with van der Waals surface area (Å²) in [7, 11) is -6.77. The highest BCUT2D eigenvalue weighted by atomic mass is 32.2. The van der Waals surface area contributed by atoms with Crippen molar-refractivity contribution < 1.29 is 26.5 Å². The maximum absolute atomic E-state index is 12.9. The molecule has 3 rings (SSSR count). The number of hydrogen-bond donors (Lipinski definition) is 2. The van der Waals surface area contributed by atoms with Crippen LogP contribution in [0.2, 0.25) is 0 Å². The molecule has 0 saturated heterocycles. The highest BCUT2D eigenvalue weighted by molar-refractivity contribution is 7.93. The van der Waals surface area contributed by atoms with Gasteiger partial charge < -0.3 is 4.74 Å². The second-order valence-corrected chi connectivity index (χ2v) is 10.0. The summed E-state index contributed by atoms with van der Waals surface area (Å²) in [5.41, 5.74) is 0.497. The van der Waals surface area contributed by atoms with E-state index in [0.717, 1.165) is 24.3 Å². The number of nitrogens with zero attached hydrogens (tertiary/aromatic N) is 1. The van der Waals surface area contributed by atoms with Crippen LogP contribution >= 0.6 is 0 Å². The molecule has 12 heteroatoms. The summed E-state index contributed by atoms with van der Waals surface area (Å²) in [5, 5.41) is 10.8. The van der Waals surface area contributed by atoms with Gasteiger partial charge in [-0.05, 0) is 48.9 Å². The van der Waals surface area contributed by atoms with Gasteiger partial charge in [0.15, 0.2) is 0 Å². The topological polar surface area (TPSA) is 145 Å². The molecule has 0 unspecified atom stereocenters.